The van der Waals surface area contributed by atoms with Crippen LogP contribution >= 0.6 is 0 Å². The fourth-order valence-electron chi connectivity index (χ4n) is 5.05. The monoisotopic (exact) mass is 621 g/mol. The van der Waals surface area contributed by atoms with Crippen molar-refractivity contribution in [3.8, 4) is 0 Å². The second-order valence-electron chi connectivity index (χ2n) is 11.6. The van der Waals surface area contributed by atoms with Crippen LogP contribution in [0, 0.1) is 11.8 Å². The van der Waals surface area contributed by atoms with Crippen molar-refractivity contribution in [3.63, 3.8) is 0 Å². The number of aliphatic imine (C=N–C) groups is 1. The van der Waals surface area contributed by atoms with Crippen LogP contribution in [0.4, 0.5) is 22.1 Å². The predicted octanol–water partition coefficient (Wildman–Crippen LogP) is 3.65. The number of amides is 1. The molecule has 1 saturated heterocycles. The zero-order valence-electron chi connectivity index (χ0n) is 25.5. The summed E-state index contributed by atoms with van der Waals surface area (Å²) in [5.41, 5.74) is -1.65. The number of nitrogens with zero attached hydrogens (tertiary/aromatic N) is 3. The van der Waals surface area contributed by atoms with Gasteiger partial charge in [0.15, 0.2) is 12.3 Å². The van der Waals surface area contributed by atoms with Gasteiger partial charge in [-0.3, -0.25) is 19.7 Å². The maximum absolute atomic E-state index is 12.8. The Morgan fingerprint density at radius 1 is 1.11 bits per heavy atom. The Labute approximate surface area is 258 Å². The first-order valence-corrected chi connectivity index (χ1v) is 14.5. The Bertz CT molecular complexity index is 1700. The molecule has 1 amide bonds. The molecule has 5 rings (SSSR count). The van der Waals surface area contributed by atoms with E-state index in [9.17, 15) is 24.3 Å². The highest BCUT2D eigenvalue weighted by Gasteiger charge is 2.57. The molecule has 14 nitrogen and oxygen atoms in total. The molecule has 1 aromatic carbocycles. The molecule has 3 N–H and O–H groups in total. The lowest BCUT2D eigenvalue weighted by molar-refractivity contribution is -0.169. The number of carbonyl (C=O) groups excluding carboxylic acids is 3. The van der Waals surface area contributed by atoms with Gasteiger partial charge in [0.1, 0.15) is 36.6 Å². The van der Waals surface area contributed by atoms with Gasteiger partial charge in [0.2, 0.25) is 0 Å². The first-order valence-electron chi connectivity index (χ1n) is 14.5. The third-order valence-corrected chi connectivity index (χ3v) is 7.41. The number of ether oxygens (including phenoxy) is 4. The van der Waals surface area contributed by atoms with E-state index >= 15 is 0 Å². The number of anilines is 2. The second-order valence-corrected chi connectivity index (χ2v) is 11.6. The zero-order valence-corrected chi connectivity index (χ0v) is 25.5. The molecule has 0 aliphatic carbocycles. The van der Waals surface area contributed by atoms with Crippen molar-refractivity contribution in [2.45, 2.75) is 65.3 Å². The standard InChI is InChI=1S/C31H35N5O9/c1-16(2)27(38)42-14-21-24(45-28(39)17(3)4)31(5,41)29(44-21)36-12-19-20(34-30(40)43-13-18-9-7-6-8-10-18)11-22(37)35-25-23(19)26(36)33-15-32-25/h6-12,15-17,21,24,29,41H,13-14H2,1-5H3,(H,34,40)(H,32,33,35,37)/t21-,24-,29-,31-/m1/s1. The minimum atomic E-state index is -1.85. The highest BCUT2D eigenvalue weighted by Crippen LogP contribution is 2.47. The molecule has 4 heterocycles. The van der Waals surface area contributed by atoms with Crippen LogP contribution in [0.15, 0.2) is 52.4 Å². The van der Waals surface area contributed by atoms with E-state index in [1.807, 2.05) is 18.2 Å². The summed E-state index contributed by atoms with van der Waals surface area (Å²) in [6, 6.07) is 10.2. The Balaban J connectivity index is 1.53. The molecule has 1 fully saturated rings. The van der Waals surface area contributed by atoms with Gasteiger partial charge in [0, 0.05) is 17.6 Å². The van der Waals surface area contributed by atoms with Gasteiger partial charge in [-0.2, -0.15) is 4.98 Å². The number of hydrogen-bond donors (Lipinski definition) is 3. The van der Waals surface area contributed by atoms with Gasteiger partial charge in [0.05, 0.1) is 29.2 Å². The van der Waals surface area contributed by atoms with E-state index in [-0.39, 0.29) is 30.5 Å². The van der Waals surface area contributed by atoms with E-state index in [1.165, 1.54) is 24.0 Å². The van der Waals surface area contributed by atoms with E-state index in [0.717, 1.165) is 11.6 Å². The SMILES string of the molecule is CC(C)C(=O)OC[C@H]1O[C@@H](n2cc3c(NC(=O)OCc4ccccc4)cc(=O)nc4c3c2N=CN4)[C@](C)(O)[C@@H]1OC(=O)C(C)C. The van der Waals surface area contributed by atoms with Crippen molar-refractivity contribution in [1.29, 1.82) is 0 Å². The van der Waals surface area contributed by atoms with E-state index in [0.29, 0.717) is 10.8 Å². The first-order chi connectivity index (χ1) is 21.4. The minimum absolute atomic E-state index is 0.00133. The van der Waals surface area contributed by atoms with Crippen LogP contribution in [-0.2, 0) is 35.1 Å². The maximum Gasteiger partial charge on any atom is 0.411 e. The molecule has 4 atom stereocenters. The van der Waals surface area contributed by atoms with E-state index in [1.54, 1.807) is 39.8 Å². The molecular formula is C31H35N5O9. The van der Waals surface area contributed by atoms with Gasteiger partial charge < -0.3 is 33.9 Å². The molecule has 45 heavy (non-hydrogen) atoms. The molecule has 14 heteroatoms. The predicted molar refractivity (Wildman–Crippen MR) is 163 cm³/mol. The van der Waals surface area contributed by atoms with Gasteiger partial charge in [0.25, 0.3) is 5.56 Å². The van der Waals surface area contributed by atoms with Crippen molar-refractivity contribution in [2.75, 3.05) is 17.2 Å². The van der Waals surface area contributed by atoms with Crippen LogP contribution in [-0.4, -0.2) is 63.4 Å². The van der Waals surface area contributed by atoms with Crippen molar-refractivity contribution >= 4 is 52.5 Å². The van der Waals surface area contributed by atoms with Crippen molar-refractivity contribution in [2.24, 2.45) is 16.8 Å². The summed E-state index contributed by atoms with van der Waals surface area (Å²) in [4.78, 5) is 59.0. The molecule has 0 radical (unpaired) electrons. The Morgan fingerprint density at radius 2 is 1.82 bits per heavy atom. The zero-order chi connectivity index (χ0) is 32.5. The summed E-state index contributed by atoms with van der Waals surface area (Å²) in [7, 11) is 0. The van der Waals surface area contributed by atoms with Gasteiger partial charge >= 0.3 is 18.0 Å². The van der Waals surface area contributed by atoms with Crippen LogP contribution < -0.4 is 16.2 Å². The molecule has 0 bridgehead atoms. The average Bonchev–Trinajstić information content (AvgIpc) is 3.44. The van der Waals surface area contributed by atoms with Crippen molar-refractivity contribution < 1.29 is 38.4 Å². The lowest BCUT2D eigenvalue weighted by atomic mass is 9.96. The smallest absolute Gasteiger partial charge is 0.411 e. The number of aromatic nitrogens is 2. The Kier molecular flexibility index (Phi) is 8.89. The largest absolute Gasteiger partial charge is 0.463 e. The summed E-state index contributed by atoms with van der Waals surface area (Å²) in [6.07, 6.45) is -1.43. The third-order valence-electron chi connectivity index (χ3n) is 7.41. The summed E-state index contributed by atoms with van der Waals surface area (Å²) in [5, 5.41) is 18.0. The van der Waals surface area contributed by atoms with Gasteiger partial charge in [-0.05, 0) is 12.5 Å². The minimum Gasteiger partial charge on any atom is -0.463 e. The highest BCUT2D eigenvalue weighted by atomic mass is 16.6. The Hall–Kier alpha value is -4.82. The van der Waals surface area contributed by atoms with Gasteiger partial charge in [-0.1, -0.05) is 58.0 Å². The summed E-state index contributed by atoms with van der Waals surface area (Å²) < 4.78 is 24.2. The molecule has 3 aromatic rings. The lowest BCUT2D eigenvalue weighted by Gasteiger charge is -2.31. The number of benzene rings is 1. The van der Waals surface area contributed by atoms with Crippen molar-refractivity contribution in [1.82, 2.24) is 9.55 Å². The fourth-order valence-corrected chi connectivity index (χ4v) is 5.05. The van der Waals surface area contributed by atoms with Gasteiger partial charge in [-0.15, -0.1) is 0 Å². The molecule has 0 spiro atoms. The normalized spacial score (nSPS) is 21.9. The molecular weight excluding hydrogens is 586 g/mol. The van der Waals surface area contributed by atoms with Crippen LogP contribution in [0.2, 0.25) is 0 Å². The van der Waals surface area contributed by atoms with E-state index in [4.69, 9.17) is 18.9 Å². The third kappa shape index (κ3) is 6.51. The number of nitrogens with one attached hydrogen (secondary N) is 2. The number of aliphatic hydroxyl groups is 1. The van der Waals surface area contributed by atoms with Crippen LogP contribution in [0.25, 0.3) is 10.8 Å². The molecule has 0 unspecified atom stereocenters. The number of carbonyl (C=O) groups is 3. The quantitative estimate of drug-likeness (QED) is 0.234. The fraction of sp³-hybridized carbons (Fsp3) is 0.419. The average molecular weight is 622 g/mol. The van der Waals surface area contributed by atoms with Crippen molar-refractivity contribution in [3.05, 3.63) is 58.5 Å². The number of rotatable bonds is 9. The molecule has 2 aliphatic heterocycles. The topological polar surface area (TPSA) is 180 Å². The van der Waals surface area contributed by atoms with E-state index < -0.39 is 59.5 Å². The first kappa shape index (κ1) is 31.6. The summed E-state index contributed by atoms with van der Waals surface area (Å²) >= 11 is 0. The summed E-state index contributed by atoms with van der Waals surface area (Å²) in [5.74, 6) is -1.58. The molecule has 238 valence electrons. The lowest BCUT2D eigenvalue weighted by Crippen LogP contribution is -2.48. The van der Waals surface area contributed by atoms with Crippen LogP contribution in [0.5, 0.6) is 0 Å². The molecule has 2 aliphatic rings. The van der Waals surface area contributed by atoms with Gasteiger partial charge in [-0.25, -0.2) is 9.79 Å². The van der Waals surface area contributed by atoms with Crippen LogP contribution in [0.3, 0.4) is 0 Å². The van der Waals surface area contributed by atoms with Crippen LogP contribution in [0.1, 0.15) is 46.4 Å². The molecule has 0 saturated carbocycles. The summed E-state index contributed by atoms with van der Waals surface area (Å²) in [6.45, 7) is 7.81. The number of hydrogen-bond acceptors (Lipinski definition) is 12. The second kappa shape index (κ2) is 12.7. The van der Waals surface area contributed by atoms with E-state index in [2.05, 4.69) is 20.6 Å². The number of esters is 2. The molecule has 2 aromatic heterocycles. The Morgan fingerprint density at radius 3 is 2.51 bits per heavy atom. The maximum atomic E-state index is 12.8. The highest BCUT2D eigenvalue weighted by molar-refractivity contribution is 6.12.